The molecule has 0 unspecified atom stereocenters. The van der Waals surface area contributed by atoms with Gasteiger partial charge in [0.25, 0.3) is 0 Å². The molecule has 2 aromatic rings. The first-order valence-electron chi connectivity index (χ1n) is 8.96. The lowest BCUT2D eigenvalue weighted by Gasteiger charge is -2.34. The Morgan fingerprint density at radius 3 is 2.54 bits per heavy atom. The Hall–Kier alpha value is -1.27. The van der Waals surface area contributed by atoms with Crippen LogP contribution in [0.2, 0.25) is 0 Å². The van der Waals surface area contributed by atoms with E-state index in [-0.39, 0.29) is 0 Å². The van der Waals surface area contributed by atoms with Crippen LogP contribution in [0.25, 0.3) is 0 Å². The highest BCUT2D eigenvalue weighted by molar-refractivity contribution is 7.07. The average Bonchev–Trinajstić information content (AvgIpc) is 3.14. The molecule has 1 aromatic carbocycles. The van der Waals surface area contributed by atoms with E-state index >= 15 is 0 Å². The van der Waals surface area contributed by atoms with E-state index in [9.17, 15) is 0 Å². The normalized spacial score (nSPS) is 16.5. The van der Waals surface area contributed by atoms with Crippen LogP contribution in [0.5, 0.6) is 0 Å². The van der Waals surface area contributed by atoms with Crippen molar-refractivity contribution in [1.29, 1.82) is 0 Å². The third-order valence-electron chi connectivity index (χ3n) is 4.58. The van der Waals surface area contributed by atoms with Gasteiger partial charge in [0, 0.05) is 44.6 Å². The van der Waals surface area contributed by atoms with Crippen molar-refractivity contribution in [3.8, 4) is 0 Å². The Morgan fingerprint density at radius 2 is 1.79 bits per heavy atom. The molecule has 1 fully saturated rings. The predicted octanol–water partition coefficient (Wildman–Crippen LogP) is 2.83. The molecule has 1 aliphatic heterocycles. The second-order valence-electron chi connectivity index (χ2n) is 6.47. The highest BCUT2D eigenvalue weighted by Gasteiger charge is 2.16. The highest BCUT2D eigenvalue weighted by Crippen LogP contribution is 2.09. The number of hydrogen-bond donors (Lipinski definition) is 1. The fourth-order valence-electron chi connectivity index (χ4n) is 3.14. The van der Waals surface area contributed by atoms with Crippen LogP contribution in [-0.2, 0) is 13.1 Å². The van der Waals surface area contributed by atoms with E-state index in [2.05, 4.69) is 55.8 Å². The summed E-state index contributed by atoms with van der Waals surface area (Å²) in [7, 11) is 0. The van der Waals surface area contributed by atoms with Crippen molar-refractivity contribution in [1.82, 2.24) is 20.1 Å². The Kier molecular flexibility index (Phi) is 7.23. The lowest BCUT2D eigenvalue weighted by atomic mass is 10.2. The minimum Gasteiger partial charge on any atom is -0.311 e. The minimum atomic E-state index is 0.904. The van der Waals surface area contributed by atoms with E-state index in [0.29, 0.717) is 0 Å². The standard InChI is InChI=1S/C19H28N4S/c1-2-6-18(7-3-1)15-23-12-10-22(11-13-23)9-5-4-8-20-14-19-16-24-17-21-19/h1-3,6-7,16-17,20H,4-5,8-15H2. The van der Waals surface area contributed by atoms with Gasteiger partial charge in [-0.1, -0.05) is 30.3 Å². The van der Waals surface area contributed by atoms with Gasteiger partial charge in [0.05, 0.1) is 11.2 Å². The van der Waals surface area contributed by atoms with Gasteiger partial charge in [0.2, 0.25) is 0 Å². The molecule has 0 spiro atoms. The molecule has 0 bridgehead atoms. The van der Waals surface area contributed by atoms with Crippen molar-refractivity contribution in [3.63, 3.8) is 0 Å². The molecule has 0 radical (unpaired) electrons. The molecule has 2 heterocycles. The van der Waals surface area contributed by atoms with E-state index in [1.807, 2.05) is 5.51 Å². The van der Waals surface area contributed by atoms with Gasteiger partial charge in [0.1, 0.15) is 0 Å². The van der Waals surface area contributed by atoms with Crippen LogP contribution in [0, 0.1) is 0 Å². The Labute approximate surface area is 149 Å². The lowest BCUT2D eigenvalue weighted by molar-refractivity contribution is 0.125. The summed E-state index contributed by atoms with van der Waals surface area (Å²) < 4.78 is 0. The zero-order valence-electron chi connectivity index (χ0n) is 14.4. The van der Waals surface area contributed by atoms with E-state index < -0.39 is 0 Å². The first-order chi connectivity index (χ1) is 11.9. The fourth-order valence-corrected chi connectivity index (χ4v) is 3.70. The van der Waals surface area contributed by atoms with Crippen LogP contribution in [0.15, 0.2) is 41.2 Å². The van der Waals surface area contributed by atoms with Crippen LogP contribution >= 0.6 is 11.3 Å². The Bertz CT molecular complexity index is 550. The molecule has 1 saturated heterocycles. The van der Waals surface area contributed by atoms with Crippen molar-refractivity contribution in [3.05, 3.63) is 52.5 Å². The molecule has 3 rings (SSSR count). The number of nitrogens with one attached hydrogen (secondary N) is 1. The van der Waals surface area contributed by atoms with Crippen molar-refractivity contribution >= 4 is 11.3 Å². The molecule has 0 aliphatic carbocycles. The summed E-state index contributed by atoms with van der Waals surface area (Å²) in [5, 5.41) is 5.59. The average molecular weight is 345 g/mol. The molecule has 0 atom stereocenters. The SMILES string of the molecule is c1ccc(CN2CCN(CCCCNCc3cscn3)CC2)cc1. The summed E-state index contributed by atoms with van der Waals surface area (Å²) >= 11 is 1.67. The molecule has 0 saturated carbocycles. The summed E-state index contributed by atoms with van der Waals surface area (Å²) in [6.45, 7) is 9.12. The summed E-state index contributed by atoms with van der Waals surface area (Å²) in [5.74, 6) is 0. The van der Waals surface area contributed by atoms with Crippen molar-refractivity contribution < 1.29 is 0 Å². The molecule has 0 amide bonds. The quantitative estimate of drug-likeness (QED) is 0.709. The van der Waals surface area contributed by atoms with Gasteiger partial charge < -0.3 is 10.2 Å². The number of rotatable bonds is 9. The summed E-state index contributed by atoms with van der Waals surface area (Å²) in [5.41, 5.74) is 4.49. The molecule has 130 valence electrons. The van der Waals surface area contributed by atoms with Gasteiger partial charge in [-0.05, 0) is 31.5 Å². The molecule has 24 heavy (non-hydrogen) atoms. The number of thiazole rings is 1. The summed E-state index contributed by atoms with van der Waals surface area (Å²) in [4.78, 5) is 9.47. The maximum atomic E-state index is 4.29. The topological polar surface area (TPSA) is 31.4 Å². The predicted molar refractivity (Wildman–Crippen MR) is 101 cm³/mol. The first kappa shape index (κ1) is 17.5. The van der Waals surface area contributed by atoms with Crippen molar-refractivity contribution in [2.45, 2.75) is 25.9 Å². The van der Waals surface area contributed by atoms with Gasteiger partial charge in [-0.25, -0.2) is 4.98 Å². The van der Waals surface area contributed by atoms with Gasteiger partial charge in [0.15, 0.2) is 0 Å². The second kappa shape index (κ2) is 9.89. The minimum absolute atomic E-state index is 0.904. The molecule has 1 aliphatic rings. The zero-order chi connectivity index (χ0) is 16.5. The number of piperazine rings is 1. The Balaban J connectivity index is 1.22. The second-order valence-corrected chi connectivity index (χ2v) is 7.19. The van der Waals surface area contributed by atoms with Crippen LogP contribution in [0.4, 0.5) is 0 Å². The molecule has 4 nitrogen and oxygen atoms in total. The largest absolute Gasteiger partial charge is 0.311 e. The van der Waals surface area contributed by atoms with Gasteiger partial charge >= 0.3 is 0 Å². The Morgan fingerprint density at radius 1 is 1.00 bits per heavy atom. The smallest absolute Gasteiger partial charge is 0.0795 e. The number of unbranched alkanes of at least 4 members (excludes halogenated alkanes) is 1. The lowest BCUT2D eigenvalue weighted by Crippen LogP contribution is -2.46. The highest BCUT2D eigenvalue weighted by atomic mass is 32.1. The van der Waals surface area contributed by atoms with Gasteiger partial charge in [-0.15, -0.1) is 11.3 Å². The van der Waals surface area contributed by atoms with Crippen LogP contribution in [-0.4, -0.2) is 54.1 Å². The van der Waals surface area contributed by atoms with Crippen LogP contribution in [0.1, 0.15) is 24.1 Å². The molecule has 5 heteroatoms. The van der Waals surface area contributed by atoms with Crippen molar-refractivity contribution in [2.75, 3.05) is 39.3 Å². The first-order valence-corrected chi connectivity index (χ1v) is 9.91. The third kappa shape index (κ3) is 5.98. The van der Waals surface area contributed by atoms with E-state index in [4.69, 9.17) is 0 Å². The van der Waals surface area contributed by atoms with Gasteiger partial charge in [-0.2, -0.15) is 0 Å². The molecule has 1 N–H and O–H groups in total. The van der Waals surface area contributed by atoms with Gasteiger partial charge in [-0.3, -0.25) is 4.90 Å². The fraction of sp³-hybridized carbons (Fsp3) is 0.526. The number of nitrogens with zero attached hydrogens (tertiary/aromatic N) is 3. The maximum Gasteiger partial charge on any atom is 0.0795 e. The van der Waals surface area contributed by atoms with Crippen molar-refractivity contribution in [2.24, 2.45) is 0 Å². The molecular weight excluding hydrogens is 316 g/mol. The van der Waals surface area contributed by atoms with Crippen LogP contribution in [0.3, 0.4) is 0 Å². The monoisotopic (exact) mass is 344 g/mol. The molecular formula is C19H28N4S. The number of aromatic nitrogens is 1. The number of benzene rings is 1. The van der Waals surface area contributed by atoms with E-state index in [1.165, 1.54) is 51.1 Å². The maximum absolute atomic E-state index is 4.29. The van der Waals surface area contributed by atoms with E-state index in [1.54, 1.807) is 11.3 Å². The number of hydrogen-bond acceptors (Lipinski definition) is 5. The summed E-state index contributed by atoms with van der Waals surface area (Å²) in [6.07, 6.45) is 2.52. The summed E-state index contributed by atoms with van der Waals surface area (Å²) in [6, 6.07) is 10.8. The third-order valence-corrected chi connectivity index (χ3v) is 5.22. The van der Waals surface area contributed by atoms with E-state index in [0.717, 1.165) is 25.3 Å². The zero-order valence-corrected chi connectivity index (χ0v) is 15.2. The molecule has 1 aromatic heterocycles. The van der Waals surface area contributed by atoms with Crippen LogP contribution < -0.4 is 5.32 Å².